The highest BCUT2D eigenvalue weighted by molar-refractivity contribution is 7.91. The number of rotatable bonds is 4. The number of sulfone groups is 1. The van der Waals surface area contributed by atoms with Crippen LogP contribution in [-0.4, -0.2) is 61.7 Å². The molecule has 3 rings (SSSR count). The first-order chi connectivity index (χ1) is 14.1. The molecule has 1 amide bonds. The Morgan fingerprint density at radius 3 is 2.19 bits per heavy atom. The summed E-state index contributed by atoms with van der Waals surface area (Å²) in [6.45, 7) is 13.8. The number of carbonyl (C=O) groups is 1. The van der Waals surface area contributed by atoms with Gasteiger partial charge in [0, 0.05) is 12.6 Å². The highest BCUT2D eigenvalue weighted by Gasteiger charge is 2.51. The van der Waals surface area contributed by atoms with Gasteiger partial charge in [-0.05, 0) is 78.9 Å². The summed E-state index contributed by atoms with van der Waals surface area (Å²) in [7, 11) is -4.11. The number of benzene rings is 1. The number of carbonyl (C=O) groups excluding carboxylic acids is 1. The predicted molar refractivity (Wildman–Crippen MR) is 120 cm³/mol. The van der Waals surface area contributed by atoms with Crippen LogP contribution in [0.25, 0.3) is 0 Å². The van der Waals surface area contributed by atoms with Crippen LogP contribution in [0.2, 0.25) is 0 Å². The molecule has 2 aliphatic rings. The van der Waals surface area contributed by atoms with Gasteiger partial charge in [0.25, 0.3) is 0 Å². The molecule has 2 aliphatic heterocycles. The summed E-state index contributed by atoms with van der Waals surface area (Å²) in [6, 6.07) is 6.25. The maximum Gasteiger partial charge on any atom is 0.494 e. The summed E-state index contributed by atoms with van der Waals surface area (Å²) in [5.74, 6) is -0.123. The van der Waals surface area contributed by atoms with Crippen LogP contribution in [0.4, 0.5) is 4.79 Å². The molecule has 2 heterocycles. The maximum atomic E-state index is 13.0. The molecule has 0 spiro atoms. The van der Waals surface area contributed by atoms with Gasteiger partial charge >= 0.3 is 13.2 Å². The van der Waals surface area contributed by atoms with Gasteiger partial charge in [0.1, 0.15) is 5.60 Å². The molecule has 0 unspecified atom stereocenters. The van der Waals surface area contributed by atoms with Gasteiger partial charge in [-0.15, -0.1) is 0 Å². The number of hydrogen-bond donors (Lipinski definition) is 0. The molecule has 1 aromatic rings. The average Bonchev–Trinajstić information content (AvgIpc) is 3.15. The number of hydrogen-bond acceptors (Lipinski definition) is 6. The Bertz CT molecular complexity index is 904. The lowest BCUT2D eigenvalue weighted by Crippen LogP contribution is -2.42. The van der Waals surface area contributed by atoms with Gasteiger partial charge in [0.2, 0.25) is 0 Å². The fraction of sp³-hybridized carbons (Fsp3) is 0.682. The van der Waals surface area contributed by atoms with E-state index in [-0.39, 0.29) is 16.7 Å². The third-order valence-corrected chi connectivity index (χ3v) is 8.00. The summed E-state index contributed by atoms with van der Waals surface area (Å²) >= 11 is 0. The molecule has 172 valence electrons. The van der Waals surface area contributed by atoms with Crippen LogP contribution in [0.5, 0.6) is 0 Å². The Labute approximate surface area is 186 Å². The second-order valence-corrected chi connectivity index (χ2v) is 12.4. The average molecular weight is 451 g/mol. The van der Waals surface area contributed by atoms with Crippen molar-refractivity contribution in [2.75, 3.05) is 12.3 Å². The molecule has 7 nitrogen and oxygen atoms in total. The molecule has 1 aromatic carbocycles. The van der Waals surface area contributed by atoms with E-state index >= 15 is 0 Å². The van der Waals surface area contributed by atoms with E-state index in [2.05, 4.69) is 0 Å². The minimum absolute atomic E-state index is 0.123. The van der Waals surface area contributed by atoms with Crippen LogP contribution in [-0.2, 0) is 23.9 Å². The molecular weight excluding hydrogens is 417 g/mol. The van der Waals surface area contributed by atoms with E-state index in [1.54, 1.807) is 49.9 Å². The molecule has 9 heteroatoms. The first-order valence-corrected chi connectivity index (χ1v) is 12.4. The Morgan fingerprint density at radius 1 is 1.13 bits per heavy atom. The van der Waals surface area contributed by atoms with Crippen molar-refractivity contribution in [3.05, 3.63) is 24.3 Å². The van der Waals surface area contributed by atoms with E-state index in [0.29, 0.717) is 13.0 Å². The highest BCUT2D eigenvalue weighted by Crippen LogP contribution is 2.36. The third kappa shape index (κ3) is 5.26. The van der Waals surface area contributed by atoms with Crippen LogP contribution >= 0.6 is 0 Å². The fourth-order valence-corrected chi connectivity index (χ4v) is 5.33. The van der Waals surface area contributed by atoms with E-state index in [9.17, 15) is 13.2 Å². The lowest BCUT2D eigenvalue weighted by atomic mass is 9.79. The normalized spacial score (nSPS) is 23.3. The summed E-state index contributed by atoms with van der Waals surface area (Å²) in [5.41, 5.74) is -0.771. The Morgan fingerprint density at radius 2 is 1.68 bits per heavy atom. The third-order valence-electron chi connectivity index (χ3n) is 6.18. The summed E-state index contributed by atoms with van der Waals surface area (Å²) in [5, 5.41) is 0. The summed E-state index contributed by atoms with van der Waals surface area (Å²) in [6.07, 6.45) is 0.950. The zero-order valence-electron chi connectivity index (χ0n) is 19.6. The molecule has 2 fully saturated rings. The SMILES string of the molecule is CC(C)(C)OC(=O)N1CCC[C@H]1CS(=O)(=O)c1ccc(B2OC(C)(C)C(C)(C)O2)cc1. The number of ether oxygens (including phenoxy) is 1. The monoisotopic (exact) mass is 451 g/mol. The Kier molecular flexibility index (Phi) is 6.28. The lowest BCUT2D eigenvalue weighted by Gasteiger charge is -2.32. The molecule has 0 aliphatic carbocycles. The fourth-order valence-electron chi connectivity index (χ4n) is 3.73. The van der Waals surface area contributed by atoms with E-state index in [4.69, 9.17) is 14.0 Å². The largest absolute Gasteiger partial charge is 0.494 e. The molecule has 0 aromatic heterocycles. The van der Waals surface area contributed by atoms with Crippen molar-refractivity contribution in [1.82, 2.24) is 4.90 Å². The first-order valence-electron chi connectivity index (χ1n) is 10.8. The Balaban J connectivity index is 1.71. The van der Waals surface area contributed by atoms with E-state index < -0.39 is 39.9 Å². The van der Waals surface area contributed by atoms with Gasteiger partial charge < -0.3 is 18.9 Å². The smallest absolute Gasteiger partial charge is 0.444 e. The van der Waals surface area contributed by atoms with Crippen LogP contribution in [0.15, 0.2) is 29.2 Å². The second-order valence-electron chi connectivity index (χ2n) is 10.4. The van der Waals surface area contributed by atoms with Gasteiger partial charge in [-0.2, -0.15) is 0 Å². The maximum absolute atomic E-state index is 13.0. The van der Waals surface area contributed by atoms with Crippen molar-refractivity contribution in [3.63, 3.8) is 0 Å². The van der Waals surface area contributed by atoms with Crippen molar-refractivity contribution in [1.29, 1.82) is 0 Å². The minimum atomic E-state index is -3.57. The molecule has 31 heavy (non-hydrogen) atoms. The lowest BCUT2D eigenvalue weighted by molar-refractivity contribution is 0.00578. The molecule has 0 N–H and O–H groups in total. The molecule has 0 radical (unpaired) electrons. The molecule has 1 atom stereocenters. The van der Waals surface area contributed by atoms with Crippen molar-refractivity contribution >= 4 is 28.5 Å². The number of likely N-dealkylation sites (tertiary alicyclic amines) is 1. The van der Waals surface area contributed by atoms with Gasteiger partial charge in [-0.1, -0.05) is 12.1 Å². The van der Waals surface area contributed by atoms with E-state index in [1.165, 1.54) is 0 Å². The van der Waals surface area contributed by atoms with Crippen LogP contribution in [0, 0.1) is 0 Å². The minimum Gasteiger partial charge on any atom is -0.444 e. The number of nitrogens with zero attached hydrogens (tertiary/aromatic N) is 1. The molecule has 0 saturated carbocycles. The molecule has 0 bridgehead atoms. The van der Waals surface area contributed by atoms with Gasteiger partial charge in [-0.25, -0.2) is 13.2 Å². The van der Waals surface area contributed by atoms with Crippen LogP contribution in [0.1, 0.15) is 61.3 Å². The van der Waals surface area contributed by atoms with Crippen molar-refractivity contribution in [2.45, 2.75) is 89.0 Å². The second kappa shape index (κ2) is 8.08. The Hall–Kier alpha value is -1.58. The van der Waals surface area contributed by atoms with Gasteiger partial charge in [0.15, 0.2) is 9.84 Å². The van der Waals surface area contributed by atoms with Crippen molar-refractivity contribution < 1.29 is 27.3 Å². The summed E-state index contributed by atoms with van der Waals surface area (Å²) in [4.78, 5) is 14.2. The predicted octanol–water partition coefficient (Wildman–Crippen LogP) is 3.16. The first kappa shape index (κ1) is 24.1. The topological polar surface area (TPSA) is 82.1 Å². The van der Waals surface area contributed by atoms with E-state index in [1.807, 2.05) is 27.7 Å². The van der Waals surface area contributed by atoms with Crippen molar-refractivity contribution in [3.8, 4) is 0 Å². The quantitative estimate of drug-likeness (QED) is 0.655. The number of amides is 1. The zero-order chi connectivity index (χ0) is 23.2. The van der Waals surface area contributed by atoms with Crippen LogP contribution < -0.4 is 5.46 Å². The highest BCUT2D eigenvalue weighted by atomic mass is 32.2. The van der Waals surface area contributed by atoms with Gasteiger partial charge in [0.05, 0.1) is 21.9 Å². The molecule has 2 saturated heterocycles. The summed E-state index contributed by atoms with van der Waals surface area (Å²) < 4.78 is 43.6. The van der Waals surface area contributed by atoms with E-state index in [0.717, 1.165) is 11.9 Å². The standard InChI is InChI=1S/C22H34BNO6S/c1-20(2,3)28-19(25)24-14-8-9-17(24)15-31(26,27)18-12-10-16(11-13-18)23-29-21(4,5)22(6,7)30-23/h10-13,17H,8-9,14-15H2,1-7H3/t17-/m0/s1. The van der Waals surface area contributed by atoms with Crippen LogP contribution in [0.3, 0.4) is 0 Å². The van der Waals surface area contributed by atoms with Gasteiger partial charge in [-0.3, -0.25) is 0 Å². The zero-order valence-corrected chi connectivity index (χ0v) is 20.4. The van der Waals surface area contributed by atoms with Crippen molar-refractivity contribution in [2.24, 2.45) is 0 Å². The molecular formula is C22H34BNO6S.